The molecule has 7 heteroatoms. The molecule has 134 valence electrons. The quantitative estimate of drug-likeness (QED) is 0.790. The molecule has 2 aromatic rings. The number of carboxylic acid groups (broad SMARTS) is 1. The molecule has 1 atom stereocenters. The molecule has 6 nitrogen and oxygen atoms in total. The van der Waals surface area contributed by atoms with Crippen LogP contribution in [0.5, 0.6) is 0 Å². The normalized spacial score (nSPS) is 12.6. The predicted molar refractivity (Wildman–Crippen MR) is 96.8 cm³/mol. The Morgan fingerprint density at radius 3 is 2.56 bits per heavy atom. The van der Waals surface area contributed by atoms with Gasteiger partial charge in [-0.15, -0.1) is 11.3 Å². The predicted octanol–water partition coefficient (Wildman–Crippen LogP) is 3.20. The molecular weight excluding hydrogens is 340 g/mol. The van der Waals surface area contributed by atoms with Crippen molar-refractivity contribution >= 4 is 23.2 Å². The number of carbonyl (C=O) groups excluding carboxylic acids is 1. The Balaban J connectivity index is 1.99. The van der Waals surface area contributed by atoms with E-state index < -0.39 is 17.9 Å². The number of rotatable bonds is 7. The number of thiazole rings is 1. The lowest BCUT2D eigenvalue weighted by Gasteiger charge is -2.21. The third-order valence-electron chi connectivity index (χ3n) is 3.30. The first kappa shape index (κ1) is 19.1. The average Bonchev–Trinajstić information content (AvgIpc) is 3.03. The zero-order valence-corrected chi connectivity index (χ0v) is 15.3. The topological polar surface area (TPSA) is 88.5 Å². The van der Waals surface area contributed by atoms with Crippen LogP contribution in [0.1, 0.15) is 36.9 Å². The van der Waals surface area contributed by atoms with Crippen LogP contribution in [0.4, 0.5) is 0 Å². The number of hydrogen-bond acceptors (Lipinski definition) is 5. The van der Waals surface area contributed by atoms with Crippen molar-refractivity contribution < 1.29 is 19.4 Å². The highest BCUT2D eigenvalue weighted by atomic mass is 32.1. The number of amides is 1. The van der Waals surface area contributed by atoms with Crippen molar-refractivity contribution in [1.29, 1.82) is 0 Å². The zero-order valence-electron chi connectivity index (χ0n) is 14.5. The van der Waals surface area contributed by atoms with Crippen LogP contribution in [0.3, 0.4) is 0 Å². The number of carboxylic acids is 1. The first-order valence-corrected chi connectivity index (χ1v) is 8.77. The maximum absolute atomic E-state index is 12.3. The second kappa shape index (κ2) is 8.22. The summed E-state index contributed by atoms with van der Waals surface area (Å²) < 4.78 is 5.53. The van der Waals surface area contributed by atoms with Crippen LogP contribution in [0.15, 0.2) is 36.5 Å². The Hall–Kier alpha value is -2.25. The Bertz CT molecular complexity index is 722. The Morgan fingerprint density at radius 2 is 1.96 bits per heavy atom. The molecule has 0 aliphatic carbocycles. The summed E-state index contributed by atoms with van der Waals surface area (Å²) in [6, 6.07) is 8.51. The van der Waals surface area contributed by atoms with Gasteiger partial charge in [-0.25, -0.2) is 9.78 Å². The SMILES string of the molecule is CC(C)(C)OCCC(NC(=O)c1cnc(-c2ccccc2)s1)C(=O)O. The molecule has 1 aromatic heterocycles. The van der Waals surface area contributed by atoms with Crippen LogP contribution in [0.25, 0.3) is 10.6 Å². The first-order valence-electron chi connectivity index (χ1n) is 7.95. The molecule has 25 heavy (non-hydrogen) atoms. The van der Waals surface area contributed by atoms with E-state index in [4.69, 9.17) is 4.74 Å². The molecule has 1 heterocycles. The van der Waals surface area contributed by atoms with Crippen LogP contribution in [0.2, 0.25) is 0 Å². The highest BCUT2D eigenvalue weighted by molar-refractivity contribution is 7.16. The molecule has 0 bridgehead atoms. The molecule has 0 aliphatic heterocycles. The molecule has 1 amide bonds. The number of benzene rings is 1. The second-order valence-electron chi connectivity index (χ2n) is 6.51. The van der Waals surface area contributed by atoms with Crippen LogP contribution < -0.4 is 5.32 Å². The summed E-state index contributed by atoms with van der Waals surface area (Å²) in [5.41, 5.74) is 0.565. The van der Waals surface area contributed by atoms with E-state index in [1.807, 2.05) is 51.1 Å². The summed E-state index contributed by atoms with van der Waals surface area (Å²) in [4.78, 5) is 28.3. The van der Waals surface area contributed by atoms with Crippen molar-refractivity contribution in [2.24, 2.45) is 0 Å². The van der Waals surface area contributed by atoms with Crippen LogP contribution in [-0.2, 0) is 9.53 Å². The smallest absolute Gasteiger partial charge is 0.326 e. The Kier molecular flexibility index (Phi) is 6.27. The summed E-state index contributed by atoms with van der Waals surface area (Å²) in [7, 11) is 0. The molecule has 0 fully saturated rings. The van der Waals surface area contributed by atoms with Gasteiger partial charge in [-0.05, 0) is 20.8 Å². The van der Waals surface area contributed by atoms with Crippen molar-refractivity contribution in [2.45, 2.75) is 38.8 Å². The van der Waals surface area contributed by atoms with E-state index in [2.05, 4.69) is 10.3 Å². The minimum atomic E-state index is -1.08. The minimum absolute atomic E-state index is 0.197. The monoisotopic (exact) mass is 362 g/mol. The summed E-state index contributed by atoms with van der Waals surface area (Å²) >= 11 is 1.23. The van der Waals surface area contributed by atoms with E-state index >= 15 is 0 Å². The third-order valence-corrected chi connectivity index (χ3v) is 4.34. The van der Waals surface area contributed by atoms with Crippen molar-refractivity contribution in [3.63, 3.8) is 0 Å². The summed E-state index contributed by atoms with van der Waals surface area (Å²) in [5.74, 6) is -1.53. The summed E-state index contributed by atoms with van der Waals surface area (Å²) in [6.45, 7) is 5.93. The fourth-order valence-corrected chi connectivity index (χ4v) is 2.89. The standard InChI is InChI=1S/C18H22N2O4S/c1-18(2,3)24-10-9-13(17(22)23)20-15(21)14-11-19-16(25-14)12-7-5-4-6-8-12/h4-8,11,13H,9-10H2,1-3H3,(H,20,21)(H,22,23). The van der Waals surface area contributed by atoms with Crippen molar-refractivity contribution in [2.75, 3.05) is 6.61 Å². The maximum atomic E-state index is 12.3. The highest BCUT2D eigenvalue weighted by Gasteiger charge is 2.23. The zero-order chi connectivity index (χ0) is 18.4. The van der Waals surface area contributed by atoms with Gasteiger partial charge in [0.2, 0.25) is 0 Å². The van der Waals surface area contributed by atoms with Gasteiger partial charge in [0.15, 0.2) is 0 Å². The van der Waals surface area contributed by atoms with Crippen LogP contribution in [-0.4, -0.2) is 40.2 Å². The lowest BCUT2D eigenvalue weighted by atomic mass is 10.1. The number of nitrogens with zero attached hydrogens (tertiary/aromatic N) is 1. The second-order valence-corrected chi connectivity index (χ2v) is 7.54. The van der Waals surface area contributed by atoms with Gasteiger partial charge in [0, 0.05) is 18.6 Å². The summed E-state index contributed by atoms with van der Waals surface area (Å²) in [5, 5.41) is 12.6. The van der Waals surface area contributed by atoms with Gasteiger partial charge in [-0.3, -0.25) is 4.79 Å². The number of hydrogen-bond donors (Lipinski definition) is 2. The fraction of sp³-hybridized carbons (Fsp3) is 0.389. The van der Waals surface area contributed by atoms with Gasteiger partial charge in [0.1, 0.15) is 15.9 Å². The fourth-order valence-electron chi connectivity index (χ4n) is 2.06. The molecule has 0 aliphatic rings. The molecule has 2 rings (SSSR count). The maximum Gasteiger partial charge on any atom is 0.326 e. The number of aromatic nitrogens is 1. The molecule has 2 N–H and O–H groups in total. The van der Waals surface area contributed by atoms with E-state index in [0.717, 1.165) is 5.56 Å². The van der Waals surface area contributed by atoms with Gasteiger partial charge in [0.05, 0.1) is 11.8 Å². The Labute approximate surface area is 150 Å². The van der Waals surface area contributed by atoms with Gasteiger partial charge in [-0.2, -0.15) is 0 Å². The molecule has 1 unspecified atom stereocenters. The van der Waals surface area contributed by atoms with Gasteiger partial charge < -0.3 is 15.2 Å². The van der Waals surface area contributed by atoms with E-state index in [-0.39, 0.29) is 18.6 Å². The number of carbonyl (C=O) groups is 2. The van der Waals surface area contributed by atoms with E-state index in [1.54, 1.807) is 0 Å². The van der Waals surface area contributed by atoms with E-state index in [0.29, 0.717) is 9.88 Å². The van der Waals surface area contributed by atoms with Gasteiger partial charge in [-0.1, -0.05) is 30.3 Å². The number of nitrogens with one attached hydrogen (secondary N) is 1. The van der Waals surface area contributed by atoms with Gasteiger partial charge >= 0.3 is 5.97 Å². The number of aliphatic carboxylic acids is 1. The average molecular weight is 362 g/mol. The first-order chi connectivity index (χ1) is 11.8. The molecule has 0 saturated heterocycles. The van der Waals surface area contributed by atoms with E-state index in [9.17, 15) is 14.7 Å². The minimum Gasteiger partial charge on any atom is -0.480 e. The van der Waals surface area contributed by atoms with E-state index in [1.165, 1.54) is 17.5 Å². The third kappa shape index (κ3) is 5.95. The molecule has 0 spiro atoms. The lowest BCUT2D eigenvalue weighted by molar-refractivity contribution is -0.140. The molecule has 0 saturated carbocycles. The van der Waals surface area contributed by atoms with Crippen LogP contribution >= 0.6 is 11.3 Å². The Morgan fingerprint density at radius 1 is 1.28 bits per heavy atom. The molecular formula is C18H22N2O4S. The van der Waals surface area contributed by atoms with Gasteiger partial charge in [0.25, 0.3) is 5.91 Å². The number of ether oxygens (including phenoxy) is 1. The van der Waals surface area contributed by atoms with Crippen LogP contribution in [0, 0.1) is 0 Å². The van der Waals surface area contributed by atoms with Crippen molar-refractivity contribution in [3.05, 3.63) is 41.4 Å². The van der Waals surface area contributed by atoms with Crippen molar-refractivity contribution in [3.8, 4) is 10.6 Å². The largest absolute Gasteiger partial charge is 0.480 e. The van der Waals surface area contributed by atoms with Crippen molar-refractivity contribution in [1.82, 2.24) is 10.3 Å². The summed E-state index contributed by atoms with van der Waals surface area (Å²) in [6.07, 6.45) is 1.66. The highest BCUT2D eigenvalue weighted by Crippen LogP contribution is 2.24. The molecule has 1 aromatic carbocycles. The molecule has 0 radical (unpaired) electrons. The lowest BCUT2D eigenvalue weighted by Crippen LogP contribution is -2.41.